The molecule has 0 saturated heterocycles. The van der Waals surface area contributed by atoms with Crippen LogP contribution < -0.4 is 5.32 Å². The molecule has 1 amide bonds. The lowest BCUT2D eigenvalue weighted by molar-refractivity contribution is -0.343. The quantitative estimate of drug-likeness (QED) is 0.837. The summed E-state index contributed by atoms with van der Waals surface area (Å²) in [6.45, 7) is 3.07. The van der Waals surface area contributed by atoms with E-state index in [1.807, 2.05) is 0 Å². The monoisotopic (exact) mass is 317 g/mol. The third-order valence-electron chi connectivity index (χ3n) is 2.52. The summed E-state index contributed by atoms with van der Waals surface area (Å²) in [7, 11) is 0. The van der Waals surface area contributed by atoms with Crippen molar-refractivity contribution >= 4 is 11.6 Å². The number of amides is 1. The minimum atomic E-state index is -6.55. The van der Waals surface area contributed by atoms with Crippen LogP contribution in [0, 0.1) is 13.8 Å². The van der Waals surface area contributed by atoms with E-state index < -0.39 is 23.9 Å². The molecule has 1 aromatic rings. The molecule has 0 spiro atoms. The van der Waals surface area contributed by atoms with Gasteiger partial charge in [0.15, 0.2) is 0 Å². The molecule has 0 bridgehead atoms. The average Bonchev–Trinajstić information content (AvgIpc) is 2.25. The Balaban J connectivity index is 3.07. The van der Waals surface area contributed by atoms with E-state index >= 15 is 0 Å². The van der Waals surface area contributed by atoms with Gasteiger partial charge in [0.05, 0.1) is 0 Å². The molecule has 21 heavy (non-hydrogen) atoms. The molecule has 0 fully saturated rings. The maximum atomic E-state index is 13.1. The van der Waals surface area contributed by atoms with Crippen molar-refractivity contribution in [1.82, 2.24) is 0 Å². The number of anilines is 1. The van der Waals surface area contributed by atoms with E-state index in [1.165, 1.54) is 19.2 Å². The van der Waals surface area contributed by atoms with Gasteiger partial charge in [0, 0.05) is 5.69 Å². The average molecular weight is 317 g/mol. The molecule has 1 rings (SSSR count). The molecule has 118 valence electrons. The number of carbonyl (C=O) groups excluding carboxylic acids is 1. The highest BCUT2D eigenvalue weighted by Gasteiger charge is 2.76. The van der Waals surface area contributed by atoms with Crippen molar-refractivity contribution in [1.29, 1.82) is 0 Å². The minimum absolute atomic E-state index is 0.296. The van der Waals surface area contributed by atoms with E-state index in [9.17, 15) is 35.5 Å². The molecule has 0 aliphatic carbocycles. The molecule has 0 saturated carbocycles. The van der Waals surface area contributed by atoms with Crippen LogP contribution in [0.15, 0.2) is 18.2 Å². The smallest absolute Gasteiger partial charge is 0.321 e. The molecule has 2 nitrogen and oxygen atoms in total. The Morgan fingerprint density at radius 3 is 1.71 bits per heavy atom. The highest BCUT2D eigenvalue weighted by molar-refractivity contribution is 5.97. The van der Waals surface area contributed by atoms with E-state index in [4.69, 9.17) is 0 Å². The van der Waals surface area contributed by atoms with E-state index in [1.54, 1.807) is 6.07 Å². The molecule has 0 aliphatic rings. The van der Waals surface area contributed by atoms with Crippen LogP contribution in [0.5, 0.6) is 0 Å². The molecule has 0 heterocycles. The Kier molecular flexibility index (Phi) is 4.27. The first-order valence-corrected chi connectivity index (χ1v) is 5.51. The number of rotatable bonds is 3. The van der Waals surface area contributed by atoms with Gasteiger partial charge in [0.25, 0.3) is 0 Å². The van der Waals surface area contributed by atoms with Gasteiger partial charge in [0.2, 0.25) is 0 Å². The van der Waals surface area contributed by atoms with Crippen molar-refractivity contribution in [3.8, 4) is 0 Å². The van der Waals surface area contributed by atoms with Crippen LogP contribution in [0.25, 0.3) is 0 Å². The summed E-state index contributed by atoms with van der Waals surface area (Å²) < 4.78 is 87.4. The fourth-order valence-corrected chi connectivity index (χ4v) is 1.58. The second-order valence-electron chi connectivity index (χ2n) is 4.48. The van der Waals surface area contributed by atoms with Gasteiger partial charge in [-0.1, -0.05) is 6.07 Å². The van der Waals surface area contributed by atoms with E-state index in [2.05, 4.69) is 0 Å². The first-order valence-electron chi connectivity index (χ1n) is 5.51. The van der Waals surface area contributed by atoms with Crippen molar-refractivity contribution in [3.63, 3.8) is 0 Å². The van der Waals surface area contributed by atoms with Crippen LogP contribution in [0.1, 0.15) is 11.1 Å². The molecule has 0 aromatic heterocycles. The van der Waals surface area contributed by atoms with Gasteiger partial charge in [-0.3, -0.25) is 4.79 Å². The van der Waals surface area contributed by atoms with Gasteiger partial charge >= 0.3 is 23.9 Å². The van der Waals surface area contributed by atoms with Gasteiger partial charge < -0.3 is 5.32 Å². The summed E-state index contributed by atoms with van der Waals surface area (Å²) in [5.74, 6) is -15.1. The zero-order chi connectivity index (χ0) is 16.6. The molecule has 9 heteroatoms. The molecule has 0 radical (unpaired) electrons. The van der Waals surface area contributed by atoms with Crippen LogP contribution >= 0.6 is 0 Å². The standard InChI is InChI=1S/C12H10F7NO/c1-6-3-7(2)5-8(4-6)20-9(21)10(13,14)11(15,16)12(17,18)19/h3-5H,1-2H3,(H,20,21). The predicted octanol–water partition coefficient (Wildman–Crippen LogP) is 4.07. The Bertz CT molecular complexity index is 531. The Labute approximate surface area is 114 Å². The van der Waals surface area contributed by atoms with Gasteiger partial charge in [-0.2, -0.15) is 30.7 Å². The fraction of sp³-hybridized carbons (Fsp3) is 0.417. The number of carbonyl (C=O) groups is 1. The first kappa shape index (κ1) is 17.3. The fourth-order valence-electron chi connectivity index (χ4n) is 1.58. The van der Waals surface area contributed by atoms with Crippen LogP contribution in [-0.4, -0.2) is 23.9 Å². The summed E-state index contributed by atoms with van der Waals surface area (Å²) in [4.78, 5) is 11.1. The number of hydrogen-bond donors (Lipinski definition) is 1. The second-order valence-corrected chi connectivity index (χ2v) is 4.48. The minimum Gasteiger partial charge on any atom is -0.321 e. The van der Waals surface area contributed by atoms with Crippen molar-refractivity contribution in [3.05, 3.63) is 29.3 Å². The summed E-state index contributed by atoms with van der Waals surface area (Å²) in [6, 6.07) is 3.91. The molecule has 0 atom stereocenters. The van der Waals surface area contributed by atoms with Crippen LogP contribution in [0.2, 0.25) is 0 Å². The molecule has 0 aliphatic heterocycles. The molecular formula is C12H10F7NO. The molecule has 0 unspecified atom stereocenters. The SMILES string of the molecule is Cc1cc(C)cc(NC(=O)C(F)(F)C(F)(F)C(F)(F)F)c1. The third kappa shape index (κ3) is 3.27. The topological polar surface area (TPSA) is 29.1 Å². The second kappa shape index (κ2) is 5.19. The zero-order valence-corrected chi connectivity index (χ0v) is 10.8. The van der Waals surface area contributed by atoms with Gasteiger partial charge in [-0.05, 0) is 37.1 Å². The highest BCUT2D eigenvalue weighted by atomic mass is 19.4. The summed E-state index contributed by atoms with van der Waals surface area (Å²) >= 11 is 0. The Hall–Kier alpha value is -1.80. The van der Waals surface area contributed by atoms with Crippen LogP contribution in [0.4, 0.5) is 36.4 Å². The molecular weight excluding hydrogens is 307 g/mol. The van der Waals surface area contributed by atoms with Crippen LogP contribution in [-0.2, 0) is 4.79 Å². The van der Waals surface area contributed by atoms with E-state index in [-0.39, 0.29) is 5.69 Å². The van der Waals surface area contributed by atoms with E-state index in [0.717, 1.165) is 12.1 Å². The van der Waals surface area contributed by atoms with Crippen molar-refractivity contribution < 1.29 is 35.5 Å². The summed E-state index contributed by atoms with van der Waals surface area (Å²) in [5, 5.41) is 1.37. The number of alkyl halides is 7. The molecule has 1 N–H and O–H groups in total. The maximum Gasteiger partial charge on any atom is 0.460 e. The zero-order valence-electron chi connectivity index (χ0n) is 10.8. The lowest BCUT2D eigenvalue weighted by Gasteiger charge is -2.27. The van der Waals surface area contributed by atoms with Crippen LogP contribution in [0.3, 0.4) is 0 Å². The van der Waals surface area contributed by atoms with E-state index in [0.29, 0.717) is 11.1 Å². The van der Waals surface area contributed by atoms with Crippen molar-refractivity contribution in [2.24, 2.45) is 0 Å². The van der Waals surface area contributed by atoms with Gasteiger partial charge in [-0.25, -0.2) is 0 Å². The number of nitrogens with one attached hydrogen (secondary N) is 1. The maximum absolute atomic E-state index is 13.1. The normalized spacial score (nSPS) is 13.2. The predicted molar refractivity (Wildman–Crippen MR) is 60.5 cm³/mol. The van der Waals surface area contributed by atoms with Crippen molar-refractivity contribution in [2.75, 3.05) is 5.32 Å². The summed E-state index contributed by atoms with van der Waals surface area (Å²) in [6.07, 6.45) is -6.55. The number of aryl methyl sites for hydroxylation is 2. The largest absolute Gasteiger partial charge is 0.460 e. The third-order valence-corrected chi connectivity index (χ3v) is 2.52. The lowest BCUT2D eigenvalue weighted by atomic mass is 10.1. The number of hydrogen-bond acceptors (Lipinski definition) is 1. The van der Waals surface area contributed by atoms with Gasteiger partial charge in [-0.15, -0.1) is 0 Å². The number of halogens is 7. The highest BCUT2D eigenvalue weighted by Crippen LogP contribution is 2.46. The van der Waals surface area contributed by atoms with Gasteiger partial charge in [0.1, 0.15) is 0 Å². The Morgan fingerprint density at radius 2 is 1.33 bits per heavy atom. The lowest BCUT2D eigenvalue weighted by Crippen LogP contribution is -2.57. The van der Waals surface area contributed by atoms with Crippen molar-refractivity contribution in [2.45, 2.75) is 31.9 Å². The summed E-state index contributed by atoms with van der Waals surface area (Å²) in [5.41, 5.74) is 0.725. The molecule has 1 aromatic carbocycles. The first-order chi connectivity index (χ1) is 9.29. The number of benzene rings is 1. The Morgan fingerprint density at radius 1 is 0.905 bits per heavy atom.